The van der Waals surface area contributed by atoms with Crippen molar-refractivity contribution in [2.24, 2.45) is 0 Å². The van der Waals surface area contributed by atoms with Gasteiger partial charge in [0.2, 0.25) is 0 Å². The third-order valence-electron chi connectivity index (χ3n) is 3.80. The van der Waals surface area contributed by atoms with Crippen LogP contribution < -0.4 is 0 Å². The predicted octanol–water partition coefficient (Wildman–Crippen LogP) is 2.99. The van der Waals surface area contributed by atoms with Gasteiger partial charge in [-0.05, 0) is 31.9 Å². The Kier molecular flexibility index (Phi) is 3.72. The van der Waals surface area contributed by atoms with Gasteiger partial charge in [-0.3, -0.25) is 4.79 Å². The molecule has 0 saturated carbocycles. The highest BCUT2D eigenvalue weighted by molar-refractivity contribution is 7.18. The zero-order valence-electron chi connectivity index (χ0n) is 11.7. The Morgan fingerprint density at radius 3 is 3.00 bits per heavy atom. The van der Waals surface area contributed by atoms with Gasteiger partial charge in [-0.2, -0.15) is 0 Å². The molecule has 2 aromatic rings. The highest BCUT2D eigenvalue weighted by Crippen LogP contribution is 2.29. The van der Waals surface area contributed by atoms with E-state index in [0.717, 1.165) is 28.1 Å². The second kappa shape index (κ2) is 5.50. The summed E-state index contributed by atoms with van der Waals surface area (Å²) in [6, 6.07) is 8.03. The van der Waals surface area contributed by atoms with E-state index >= 15 is 0 Å². The van der Waals surface area contributed by atoms with Crippen LogP contribution in [0.3, 0.4) is 0 Å². The molecule has 4 nitrogen and oxygen atoms in total. The minimum absolute atomic E-state index is 0.0240. The van der Waals surface area contributed by atoms with Crippen LogP contribution in [0.1, 0.15) is 30.8 Å². The number of likely N-dealkylation sites (N-methyl/N-ethyl adjacent to an activating group) is 1. The fourth-order valence-corrected chi connectivity index (χ4v) is 3.49. The van der Waals surface area contributed by atoms with Crippen molar-refractivity contribution in [3.8, 4) is 0 Å². The minimum atomic E-state index is -0.267. The molecular formula is C15H18N2O2S. The summed E-state index contributed by atoms with van der Waals surface area (Å²) in [5.41, 5.74) is 0.998. The van der Waals surface area contributed by atoms with Gasteiger partial charge in [0.1, 0.15) is 11.1 Å². The number of nitrogens with zero attached hydrogens (tertiary/aromatic N) is 2. The molecule has 1 saturated heterocycles. The van der Waals surface area contributed by atoms with E-state index < -0.39 is 0 Å². The van der Waals surface area contributed by atoms with E-state index in [-0.39, 0.29) is 18.1 Å². The molecule has 0 radical (unpaired) electrons. The highest BCUT2D eigenvalue weighted by Gasteiger charge is 2.30. The molecule has 1 amide bonds. The number of fused-ring (bicyclic) bond motifs is 1. The van der Waals surface area contributed by atoms with Crippen LogP contribution in [0.2, 0.25) is 0 Å². The van der Waals surface area contributed by atoms with Crippen LogP contribution in [0.4, 0.5) is 0 Å². The molecule has 106 valence electrons. The third-order valence-corrected chi connectivity index (χ3v) is 5.01. The van der Waals surface area contributed by atoms with E-state index in [0.29, 0.717) is 6.61 Å². The molecule has 3 rings (SSSR count). The van der Waals surface area contributed by atoms with Crippen LogP contribution >= 0.6 is 11.3 Å². The maximum atomic E-state index is 12.4. The van der Waals surface area contributed by atoms with Crippen LogP contribution in [-0.2, 0) is 9.53 Å². The number of carbonyl (C=O) groups is 1. The summed E-state index contributed by atoms with van der Waals surface area (Å²) in [4.78, 5) is 18.7. The molecular weight excluding hydrogens is 272 g/mol. The first-order valence-corrected chi connectivity index (χ1v) is 7.72. The molecule has 0 N–H and O–H groups in total. The van der Waals surface area contributed by atoms with E-state index in [9.17, 15) is 4.79 Å². The molecule has 5 heteroatoms. The van der Waals surface area contributed by atoms with Crippen molar-refractivity contribution in [1.82, 2.24) is 9.88 Å². The Morgan fingerprint density at radius 2 is 2.30 bits per heavy atom. The number of thiazole rings is 1. The average molecular weight is 290 g/mol. The van der Waals surface area contributed by atoms with Crippen LogP contribution in [0.15, 0.2) is 24.3 Å². The predicted molar refractivity (Wildman–Crippen MR) is 79.8 cm³/mol. The number of hydrogen-bond acceptors (Lipinski definition) is 4. The standard InChI is InChI=1S/C15H18N2O2S/c1-10(17(2)15(18)12-7-5-9-19-12)14-16-11-6-3-4-8-13(11)20-14/h3-4,6,8,10,12H,5,7,9H2,1-2H3/t10-,12-/m1/s1. The summed E-state index contributed by atoms with van der Waals surface area (Å²) >= 11 is 1.65. The number of hydrogen-bond donors (Lipinski definition) is 0. The van der Waals surface area contributed by atoms with Crippen molar-refractivity contribution in [1.29, 1.82) is 0 Å². The molecule has 1 aliphatic rings. The molecule has 20 heavy (non-hydrogen) atoms. The van der Waals surface area contributed by atoms with Gasteiger partial charge < -0.3 is 9.64 Å². The van der Waals surface area contributed by atoms with E-state index in [1.54, 1.807) is 16.2 Å². The van der Waals surface area contributed by atoms with Gasteiger partial charge in [0.25, 0.3) is 5.91 Å². The van der Waals surface area contributed by atoms with Crippen LogP contribution in [0.25, 0.3) is 10.2 Å². The smallest absolute Gasteiger partial charge is 0.252 e. The summed E-state index contributed by atoms with van der Waals surface area (Å²) in [6.07, 6.45) is 1.53. The maximum Gasteiger partial charge on any atom is 0.252 e. The molecule has 1 aliphatic heterocycles. The van der Waals surface area contributed by atoms with Crippen LogP contribution in [0, 0.1) is 0 Å². The highest BCUT2D eigenvalue weighted by atomic mass is 32.1. The van der Waals surface area contributed by atoms with Crippen molar-refractivity contribution in [2.75, 3.05) is 13.7 Å². The number of benzene rings is 1. The quantitative estimate of drug-likeness (QED) is 0.872. The molecule has 0 bridgehead atoms. The van der Waals surface area contributed by atoms with E-state index in [4.69, 9.17) is 4.74 Å². The van der Waals surface area contributed by atoms with Crippen LogP contribution in [-0.4, -0.2) is 35.5 Å². The van der Waals surface area contributed by atoms with Crippen molar-refractivity contribution in [3.05, 3.63) is 29.3 Å². The van der Waals surface area contributed by atoms with Crippen molar-refractivity contribution in [3.63, 3.8) is 0 Å². The molecule has 0 aliphatic carbocycles. The summed E-state index contributed by atoms with van der Waals surface area (Å²) in [6.45, 7) is 2.71. The molecule has 1 aromatic carbocycles. The first-order valence-electron chi connectivity index (χ1n) is 6.90. The number of ether oxygens (including phenoxy) is 1. The Hall–Kier alpha value is -1.46. The lowest BCUT2D eigenvalue weighted by Crippen LogP contribution is -2.37. The zero-order valence-corrected chi connectivity index (χ0v) is 12.5. The van der Waals surface area contributed by atoms with Gasteiger partial charge >= 0.3 is 0 Å². The van der Waals surface area contributed by atoms with Gasteiger partial charge in [-0.15, -0.1) is 11.3 Å². The fourth-order valence-electron chi connectivity index (χ4n) is 2.42. The second-order valence-electron chi connectivity index (χ2n) is 5.15. The molecule has 2 atom stereocenters. The third kappa shape index (κ3) is 2.43. The molecule has 0 spiro atoms. The first kappa shape index (κ1) is 13.5. The molecule has 1 aromatic heterocycles. The largest absolute Gasteiger partial charge is 0.368 e. The number of amides is 1. The lowest BCUT2D eigenvalue weighted by atomic mass is 10.2. The summed E-state index contributed by atoms with van der Waals surface area (Å²) in [5.74, 6) is 0.0641. The molecule has 1 fully saturated rings. The van der Waals surface area contributed by atoms with E-state index in [1.807, 2.05) is 32.2 Å². The Balaban J connectivity index is 1.80. The lowest BCUT2D eigenvalue weighted by molar-refractivity contribution is -0.141. The SMILES string of the molecule is C[C@H](c1nc2ccccc2s1)N(C)C(=O)[C@H]1CCCO1. The second-order valence-corrected chi connectivity index (χ2v) is 6.21. The monoisotopic (exact) mass is 290 g/mol. The van der Waals surface area contributed by atoms with E-state index in [2.05, 4.69) is 11.1 Å². The zero-order chi connectivity index (χ0) is 14.1. The Bertz CT molecular complexity index is 586. The Labute approximate surface area is 122 Å². The number of aromatic nitrogens is 1. The number of rotatable bonds is 3. The van der Waals surface area contributed by atoms with Gasteiger partial charge in [-0.1, -0.05) is 12.1 Å². The van der Waals surface area contributed by atoms with Crippen molar-refractivity contribution in [2.45, 2.75) is 31.9 Å². The van der Waals surface area contributed by atoms with Gasteiger partial charge in [0, 0.05) is 13.7 Å². The fraction of sp³-hybridized carbons (Fsp3) is 0.467. The lowest BCUT2D eigenvalue weighted by Gasteiger charge is -2.25. The van der Waals surface area contributed by atoms with Gasteiger partial charge in [-0.25, -0.2) is 4.98 Å². The first-order chi connectivity index (χ1) is 9.66. The Morgan fingerprint density at radius 1 is 1.50 bits per heavy atom. The summed E-state index contributed by atoms with van der Waals surface area (Å²) < 4.78 is 6.63. The normalized spacial score (nSPS) is 20.2. The summed E-state index contributed by atoms with van der Waals surface area (Å²) in [5, 5.41) is 0.972. The van der Waals surface area contributed by atoms with E-state index in [1.165, 1.54) is 0 Å². The van der Waals surface area contributed by atoms with Gasteiger partial charge in [0.05, 0.1) is 16.3 Å². The summed E-state index contributed by atoms with van der Waals surface area (Å²) in [7, 11) is 1.83. The number of para-hydroxylation sites is 1. The molecule has 0 unspecified atom stereocenters. The average Bonchev–Trinajstić information content (AvgIpc) is 3.13. The maximum absolute atomic E-state index is 12.4. The topological polar surface area (TPSA) is 42.4 Å². The van der Waals surface area contributed by atoms with Crippen molar-refractivity contribution < 1.29 is 9.53 Å². The van der Waals surface area contributed by atoms with Crippen molar-refractivity contribution >= 4 is 27.5 Å². The molecule has 2 heterocycles. The van der Waals surface area contributed by atoms with Gasteiger partial charge in [0.15, 0.2) is 0 Å². The van der Waals surface area contributed by atoms with Crippen LogP contribution in [0.5, 0.6) is 0 Å². The minimum Gasteiger partial charge on any atom is -0.368 e. The number of carbonyl (C=O) groups excluding carboxylic acids is 1.